The first-order chi connectivity index (χ1) is 7.77. The Balaban J connectivity index is 2.15. The normalized spacial score (nSPS) is 10.1. The van der Waals surface area contributed by atoms with E-state index in [9.17, 15) is 0 Å². The Labute approximate surface area is 98.9 Å². The zero-order valence-corrected chi connectivity index (χ0v) is 9.59. The first-order valence-electron chi connectivity index (χ1n) is 4.83. The van der Waals surface area contributed by atoms with Gasteiger partial charge in [0.25, 0.3) is 0 Å². The van der Waals surface area contributed by atoms with E-state index in [1.807, 2.05) is 18.0 Å². The third-order valence-electron chi connectivity index (χ3n) is 2.18. The number of aromatic nitrogens is 3. The van der Waals surface area contributed by atoms with E-state index in [0.29, 0.717) is 11.6 Å². The summed E-state index contributed by atoms with van der Waals surface area (Å²) in [7, 11) is 1.95. The van der Waals surface area contributed by atoms with Gasteiger partial charge in [-0.2, -0.15) is 0 Å². The second-order valence-electron chi connectivity index (χ2n) is 3.38. The van der Waals surface area contributed by atoms with Crippen LogP contribution in [0.1, 0.15) is 5.69 Å². The molecule has 0 N–H and O–H groups in total. The van der Waals surface area contributed by atoms with Gasteiger partial charge in [0.15, 0.2) is 0 Å². The minimum Gasteiger partial charge on any atom is -0.367 e. The van der Waals surface area contributed by atoms with Crippen LogP contribution < -0.4 is 4.90 Å². The Kier molecular flexibility index (Phi) is 3.31. The Morgan fingerprint density at radius 1 is 1.19 bits per heavy atom. The maximum atomic E-state index is 6.05. The standard InChI is InChI=1S/C11H11ClN4/c1-16(8-9-6-14-4-5-15-9)11-2-3-13-7-10(11)12/h2-7H,8H2,1H3. The Morgan fingerprint density at radius 3 is 2.69 bits per heavy atom. The summed E-state index contributed by atoms with van der Waals surface area (Å²) in [4.78, 5) is 14.2. The fourth-order valence-corrected chi connectivity index (χ4v) is 1.68. The third-order valence-corrected chi connectivity index (χ3v) is 2.47. The molecular formula is C11H11ClN4. The fraction of sp³-hybridized carbons (Fsp3) is 0.182. The lowest BCUT2D eigenvalue weighted by atomic mass is 10.3. The molecule has 2 heterocycles. The molecule has 0 aliphatic carbocycles. The highest BCUT2D eigenvalue weighted by Gasteiger charge is 2.06. The van der Waals surface area contributed by atoms with Gasteiger partial charge in [0, 0.05) is 31.8 Å². The Bertz CT molecular complexity index is 461. The second-order valence-corrected chi connectivity index (χ2v) is 3.79. The van der Waals surface area contributed by atoms with Crippen molar-refractivity contribution < 1.29 is 0 Å². The van der Waals surface area contributed by atoms with Gasteiger partial charge in [-0.1, -0.05) is 11.6 Å². The van der Waals surface area contributed by atoms with Crippen molar-refractivity contribution in [3.63, 3.8) is 0 Å². The monoisotopic (exact) mass is 234 g/mol. The number of nitrogens with zero attached hydrogens (tertiary/aromatic N) is 4. The van der Waals surface area contributed by atoms with Gasteiger partial charge in [0.2, 0.25) is 0 Å². The van der Waals surface area contributed by atoms with Crippen molar-refractivity contribution in [2.24, 2.45) is 0 Å². The number of halogens is 1. The average molecular weight is 235 g/mol. The molecule has 2 rings (SSSR count). The molecule has 2 aromatic heterocycles. The second kappa shape index (κ2) is 4.90. The van der Waals surface area contributed by atoms with E-state index < -0.39 is 0 Å². The van der Waals surface area contributed by atoms with Crippen LogP contribution in [-0.2, 0) is 6.54 Å². The van der Waals surface area contributed by atoms with Crippen molar-refractivity contribution in [3.05, 3.63) is 47.8 Å². The van der Waals surface area contributed by atoms with Crippen molar-refractivity contribution in [2.45, 2.75) is 6.54 Å². The van der Waals surface area contributed by atoms with Gasteiger partial charge in [-0.15, -0.1) is 0 Å². The van der Waals surface area contributed by atoms with E-state index in [-0.39, 0.29) is 0 Å². The fourth-order valence-electron chi connectivity index (χ4n) is 1.42. The van der Waals surface area contributed by atoms with Crippen LogP contribution in [0.3, 0.4) is 0 Å². The largest absolute Gasteiger partial charge is 0.367 e. The lowest BCUT2D eigenvalue weighted by Gasteiger charge is -2.19. The van der Waals surface area contributed by atoms with E-state index in [2.05, 4.69) is 15.0 Å². The summed E-state index contributed by atoms with van der Waals surface area (Å²) >= 11 is 6.05. The van der Waals surface area contributed by atoms with Gasteiger partial charge in [-0.25, -0.2) is 0 Å². The molecule has 0 spiro atoms. The first kappa shape index (κ1) is 10.8. The molecule has 0 aliphatic rings. The van der Waals surface area contributed by atoms with E-state index in [1.165, 1.54) is 0 Å². The van der Waals surface area contributed by atoms with Crippen molar-refractivity contribution in [3.8, 4) is 0 Å². The molecule has 0 bridgehead atoms. The topological polar surface area (TPSA) is 41.9 Å². The highest BCUT2D eigenvalue weighted by molar-refractivity contribution is 6.33. The summed E-state index contributed by atoms with van der Waals surface area (Å²) in [6, 6.07) is 1.87. The molecule has 16 heavy (non-hydrogen) atoms. The molecule has 0 fully saturated rings. The van der Waals surface area contributed by atoms with Crippen LogP contribution in [0.4, 0.5) is 5.69 Å². The van der Waals surface area contributed by atoms with E-state index >= 15 is 0 Å². The predicted molar refractivity (Wildman–Crippen MR) is 63.4 cm³/mol. The molecular weight excluding hydrogens is 224 g/mol. The molecule has 82 valence electrons. The van der Waals surface area contributed by atoms with Crippen LogP contribution in [0.15, 0.2) is 37.1 Å². The van der Waals surface area contributed by atoms with Crippen molar-refractivity contribution >= 4 is 17.3 Å². The van der Waals surface area contributed by atoms with E-state index in [4.69, 9.17) is 11.6 Å². The van der Waals surface area contributed by atoms with Gasteiger partial charge < -0.3 is 4.90 Å². The predicted octanol–water partition coefficient (Wildman–Crippen LogP) is 2.16. The highest BCUT2D eigenvalue weighted by atomic mass is 35.5. The minimum absolute atomic E-state index is 0.633. The maximum absolute atomic E-state index is 6.05. The smallest absolute Gasteiger partial charge is 0.0822 e. The lowest BCUT2D eigenvalue weighted by Crippen LogP contribution is -2.17. The molecule has 4 nitrogen and oxygen atoms in total. The van der Waals surface area contributed by atoms with Crippen LogP contribution in [0.2, 0.25) is 5.02 Å². The quantitative estimate of drug-likeness (QED) is 0.816. The molecule has 0 atom stereocenters. The third kappa shape index (κ3) is 2.46. The van der Waals surface area contributed by atoms with Gasteiger partial charge in [-0.3, -0.25) is 15.0 Å². The summed E-state index contributed by atoms with van der Waals surface area (Å²) in [5.74, 6) is 0. The molecule has 0 amide bonds. The maximum Gasteiger partial charge on any atom is 0.0822 e. The molecule has 0 saturated carbocycles. The molecule has 0 radical (unpaired) electrons. The van der Waals surface area contributed by atoms with Crippen molar-refractivity contribution in [2.75, 3.05) is 11.9 Å². The molecule has 0 aliphatic heterocycles. The van der Waals surface area contributed by atoms with E-state index in [0.717, 1.165) is 11.4 Å². The summed E-state index contributed by atoms with van der Waals surface area (Å²) in [5.41, 5.74) is 1.83. The zero-order valence-electron chi connectivity index (χ0n) is 8.84. The van der Waals surface area contributed by atoms with Crippen LogP contribution in [0.25, 0.3) is 0 Å². The summed E-state index contributed by atoms with van der Waals surface area (Å²) in [5, 5.41) is 0.633. The molecule has 0 aromatic carbocycles. The number of hydrogen-bond donors (Lipinski definition) is 0. The average Bonchev–Trinajstić information content (AvgIpc) is 2.31. The minimum atomic E-state index is 0.633. The number of pyridine rings is 1. The Morgan fingerprint density at radius 2 is 2.00 bits per heavy atom. The van der Waals surface area contributed by atoms with Crippen LogP contribution in [0.5, 0.6) is 0 Å². The SMILES string of the molecule is CN(Cc1cnccn1)c1ccncc1Cl. The van der Waals surface area contributed by atoms with Gasteiger partial charge in [0.05, 0.1) is 29.1 Å². The zero-order chi connectivity index (χ0) is 11.4. The van der Waals surface area contributed by atoms with Gasteiger partial charge >= 0.3 is 0 Å². The summed E-state index contributed by atoms with van der Waals surface area (Å²) < 4.78 is 0. The van der Waals surface area contributed by atoms with Crippen LogP contribution >= 0.6 is 11.6 Å². The molecule has 2 aromatic rings. The van der Waals surface area contributed by atoms with Crippen LogP contribution in [0, 0.1) is 0 Å². The number of anilines is 1. The molecule has 0 saturated heterocycles. The molecule has 5 heteroatoms. The lowest BCUT2D eigenvalue weighted by molar-refractivity contribution is 0.872. The van der Waals surface area contributed by atoms with Gasteiger partial charge in [0.1, 0.15) is 0 Å². The van der Waals surface area contributed by atoms with E-state index in [1.54, 1.807) is 31.0 Å². The summed E-state index contributed by atoms with van der Waals surface area (Å²) in [6.45, 7) is 0.664. The summed E-state index contributed by atoms with van der Waals surface area (Å²) in [6.07, 6.45) is 8.42. The highest BCUT2D eigenvalue weighted by Crippen LogP contribution is 2.23. The first-order valence-corrected chi connectivity index (χ1v) is 5.20. The van der Waals surface area contributed by atoms with Crippen LogP contribution in [-0.4, -0.2) is 22.0 Å². The number of hydrogen-bond acceptors (Lipinski definition) is 4. The number of rotatable bonds is 3. The van der Waals surface area contributed by atoms with Crippen molar-refractivity contribution in [1.29, 1.82) is 0 Å². The van der Waals surface area contributed by atoms with Crippen molar-refractivity contribution in [1.82, 2.24) is 15.0 Å². The Hall–Kier alpha value is -1.68. The molecule has 0 unspecified atom stereocenters. The van der Waals surface area contributed by atoms with Gasteiger partial charge in [-0.05, 0) is 6.07 Å².